The smallest absolute Gasteiger partial charge is 0.238 e. The number of furan rings is 1. The summed E-state index contributed by atoms with van der Waals surface area (Å²) in [6, 6.07) is 45.2. The summed E-state index contributed by atoms with van der Waals surface area (Å²) in [6.45, 7) is 4.66. The van der Waals surface area contributed by atoms with Crippen molar-refractivity contribution in [1.29, 1.82) is 5.26 Å². The van der Waals surface area contributed by atoms with Gasteiger partial charge in [-0.2, -0.15) is 15.2 Å². The molecule has 230 valence electrons. The van der Waals surface area contributed by atoms with Crippen LogP contribution < -0.4 is 0 Å². The van der Waals surface area contributed by atoms with Crippen molar-refractivity contribution >= 4 is 43.7 Å². The predicted molar refractivity (Wildman–Crippen MR) is 195 cm³/mol. The highest BCUT2D eigenvalue weighted by atomic mass is 16.3. The van der Waals surface area contributed by atoms with E-state index in [1.165, 1.54) is 22.3 Å². The number of hydrogen-bond acceptors (Lipinski definition) is 5. The van der Waals surface area contributed by atoms with Gasteiger partial charge in [0.2, 0.25) is 5.95 Å². The molecule has 0 N–H and O–H groups in total. The minimum Gasteiger partial charge on any atom is -0.454 e. The average molecular weight is 630 g/mol. The SMILES string of the molecule is CC1(C)c2ccccc2-c2c1c1c3ccccc3n(-c3nc(-c4ccccc4)nc(-c4ccc(C#N)cc4)n3)c1c1oc3ccccc3c21. The Balaban J connectivity index is 1.41. The highest BCUT2D eigenvalue weighted by Gasteiger charge is 2.41. The van der Waals surface area contributed by atoms with Crippen LogP contribution in [-0.4, -0.2) is 19.5 Å². The molecule has 6 heteroatoms. The summed E-state index contributed by atoms with van der Waals surface area (Å²) in [6.07, 6.45) is 0. The lowest BCUT2D eigenvalue weighted by molar-refractivity contribution is 0.663. The monoisotopic (exact) mass is 629 g/mol. The number of nitrogens with zero attached hydrogens (tertiary/aromatic N) is 5. The lowest BCUT2D eigenvalue weighted by atomic mass is 9.80. The second-order valence-electron chi connectivity index (χ2n) is 13.1. The molecule has 10 rings (SSSR count). The number of fused-ring (bicyclic) bond motifs is 12. The molecule has 6 nitrogen and oxygen atoms in total. The predicted octanol–water partition coefficient (Wildman–Crippen LogP) is 10.4. The molecule has 49 heavy (non-hydrogen) atoms. The summed E-state index contributed by atoms with van der Waals surface area (Å²) < 4.78 is 9.06. The first kappa shape index (κ1) is 27.5. The van der Waals surface area contributed by atoms with E-state index in [4.69, 9.17) is 19.4 Å². The van der Waals surface area contributed by atoms with Crippen LogP contribution >= 0.6 is 0 Å². The van der Waals surface area contributed by atoms with Crippen molar-refractivity contribution in [2.24, 2.45) is 0 Å². The summed E-state index contributed by atoms with van der Waals surface area (Å²) in [5.74, 6) is 1.58. The molecule has 0 atom stereocenters. The molecule has 9 aromatic rings. The maximum Gasteiger partial charge on any atom is 0.238 e. The van der Waals surface area contributed by atoms with Gasteiger partial charge in [0.15, 0.2) is 17.2 Å². The summed E-state index contributed by atoms with van der Waals surface area (Å²) in [5.41, 5.74) is 10.6. The Hall–Kier alpha value is -6.58. The fourth-order valence-electron chi connectivity index (χ4n) is 7.91. The van der Waals surface area contributed by atoms with Gasteiger partial charge in [-0.3, -0.25) is 4.57 Å². The summed E-state index contributed by atoms with van der Waals surface area (Å²) >= 11 is 0. The van der Waals surface area contributed by atoms with Crippen molar-refractivity contribution < 1.29 is 4.42 Å². The van der Waals surface area contributed by atoms with Crippen LogP contribution in [0.25, 0.3) is 83.6 Å². The largest absolute Gasteiger partial charge is 0.454 e. The molecule has 3 aromatic heterocycles. The quantitative estimate of drug-likeness (QED) is 0.194. The third-order valence-corrected chi connectivity index (χ3v) is 10.1. The molecule has 0 bridgehead atoms. The topological polar surface area (TPSA) is 80.5 Å². The molecule has 0 unspecified atom stereocenters. The first-order valence-electron chi connectivity index (χ1n) is 16.4. The first-order valence-corrected chi connectivity index (χ1v) is 16.4. The Bertz CT molecular complexity index is 2850. The maximum atomic E-state index is 9.46. The van der Waals surface area contributed by atoms with Gasteiger partial charge >= 0.3 is 0 Å². The molecule has 6 aromatic carbocycles. The van der Waals surface area contributed by atoms with Gasteiger partial charge in [-0.1, -0.05) is 105 Å². The van der Waals surface area contributed by atoms with Gasteiger partial charge in [0, 0.05) is 38.1 Å². The van der Waals surface area contributed by atoms with Crippen LogP contribution in [0.3, 0.4) is 0 Å². The lowest BCUT2D eigenvalue weighted by Gasteiger charge is -2.23. The van der Waals surface area contributed by atoms with E-state index in [1.54, 1.807) is 12.1 Å². The van der Waals surface area contributed by atoms with Crippen LogP contribution in [0.5, 0.6) is 0 Å². The minimum absolute atomic E-state index is 0.284. The van der Waals surface area contributed by atoms with Crippen LogP contribution in [0.2, 0.25) is 0 Å². The fourth-order valence-corrected chi connectivity index (χ4v) is 7.91. The molecule has 0 saturated carbocycles. The molecule has 0 aliphatic heterocycles. The van der Waals surface area contributed by atoms with E-state index in [2.05, 4.69) is 85.1 Å². The highest BCUT2D eigenvalue weighted by molar-refractivity contribution is 6.29. The Morgan fingerprint density at radius 2 is 1.31 bits per heavy atom. The van der Waals surface area contributed by atoms with Crippen molar-refractivity contribution in [3.63, 3.8) is 0 Å². The van der Waals surface area contributed by atoms with Crippen LogP contribution in [0.1, 0.15) is 30.5 Å². The second kappa shape index (κ2) is 9.96. The Morgan fingerprint density at radius 3 is 2.08 bits per heavy atom. The summed E-state index contributed by atoms with van der Waals surface area (Å²) in [7, 11) is 0. The molecule has 0 saturated heterocycles. The average Bonchev–Trinajstić information content (AvgIpc) is 3.78. The Labute approximate surface area is 281 Å². The first-order chi connectivity index (χ1) is 24.0. The van der Waals surface area contributed by atoms with Gasteiger partial charge in [-0.15, -0.1) is 0 Å². The standard InChI is InChI=1S/C43H27N5O/c1-43(2)31-17-9-6-14-28(31)34-35-30-16-8-11-19-33(30)49-39(35)38-36(37(34)43)29-15-7-10-18-32(29)48(38)42-46-40(26-12-4-3-5-13-26)45-41(47-42)27-22-20-25(24-44)21-23-27/h3-23H,1-2H3. The maximum absolute atomic E-state index is 9.46. The van der Waals surface area contributed by atoms with Gasteiger partial charge in [0.1, 0.15) is 11.1 Å². The van der Waals surface area contributed by atoms with Crippen molar-refractivity contribution in [2.45, 2.75) is 19.3 Å². The normalized spacial score (nSPS) is 13.2. The van der Waals surface area contributed by atoms with Crippen molar-refractivity contribution in [1.82, 2.24) is 19.5 Å². The van der Waals surface area contributed by atoms with E-state index in [0.717, 1.165) is 54.9 Å². The van der Waals surface area contributed by atoms with E-state index in [-0.39, 0.29) is 5.41 Å². The molecule has 0 fully saturated rings. The van der Waals surface area contributed by atoms with Crippen LogP contribution in [0.4, 0.5) is 0 Å². The van der Waals surface area contributed by atoms with Crippen molar-refractivity contribution in [3.8, 4) is 45.9 Å². The summed E-state index contributed by atoms with van der Waals surface area (Å²) in [5, 5.41) is 13.9. The Morgan fingerprint density at radius 1 is 0.653 bits per heavy atom. The van der Waals surface area contributed by atoms with Crippen molar-refractivity contribution in [2.75, 3.05) is 0 Å². The summed E-state index contributed by atoms with van der Waals surface area (Å²) in [4.78, 5) is 15.3. The molecule has 0 radical (unpaired) electrons. The van der Waals surface area contributed by atoms with E-state index < -0.39 is 0 Å². The van der Waals surface area contributed by atoms with E-state index >= 15 is 0 Å². The van der Waals surface area contributed by atoms with E-state index in [1.807, 2.05) is 54.6 Å². The van der Waals surface area contributed by atoms with Gasteiger partial charge in [0.25, 0.3) is 0 Å². The van der Waals surface area contributed by atoms with Crippen LogP contribution in [0.15, 0.2) is 132 Å². The number of nitriles is 1. The Kier molecular flexibility index (Phi) is 5.60. The number of aromatic nitrogens is 4. The zero-order valence-corrected chi connectivity index (χ0v) is 26.8. The third-order valence-electron chi connectivity index (χ3n) is 10.1. The van der Waals surface area contributed by atoms with E-state index in [9.17, 15) is 5.26 Å². The molecule has 1 aliphatic carbocycles. The number of rotatable bonds is 3. The molecular weight excluding hydrogens is 603 g/mol. The van der Waals surface area contributed by atoms with E-state index in [0.29, 0.717) is 23.2 Å². The highest BCUT2D eigenvalue weighted by Crippen LogP contribution is 2.57. The molecule has 1 aliphatic rings. The minimum atomic E-state index is -0.284. The number of hydrogen-bond donors (Lipinski definition) is 0. The van der Waals surface area contributed by atoms with Gasteiger partial charge < -0.3 is 4.42 Å². The second-order valence-corrected chi connectivity index (χ2v) is 13.1. The molecular formula is C43H27N5O. The lowest BCUT2D eigenvalue weighted by Crippen LogP contribution is -2.15. The third kappa shape index (κ3) is 3.78. The molecule has 0 amide bonds. The van der Waals surface area contributed by atoms with Gasteiger partial charge in [0.05, 0.1) is 17.1 Å². The van der Waals surface area contributed by atoms with Gasteiger partial charge in [-0.05, 0) is 58.7 Å². The zero-order valence-electron chi connectivity index (χ0n) is 26.8. The zero-order chi connectivity index (χ0) is 32.9. The number of para-hydroxylation sites is 2. The molecule has 0 spiro atoms. The van der Waals surface area contributed by atoms with Crippen LogP contribution in [0, 0.1) is 11.3 Å². The van der Waals surface area contributed by atoms with Crippen LogP contribution in [-0.2, 0) is 5.41 Å². The van der Waals surface area contributed by atoms with Gasteiger partial charge in [-0.25, -0.2) is 4.98 Å². The molecule has 3 heterocycles. The number of benzene rings is 6. The fraction of sp³-hybridized carbons (Fsp3) is 0.0698. The van der Waals surface area contributed by atoms with Crippen molar-refractivity contribution in [3.05, 3.63) is 144 Å².